The fourth-order valence-electron chi connectivity index (χ4n) is 5.87. The summed E-state index contributed by atoms with van der Waals surface area (Å²) in [7, 11) is 0. The van der Waals surface area contributed by atoms with Crippen LogP contribution in [0, 0.1) is 0 Å². The maximum atomic E-state index is 13.4. The number of benzene rings is 1. The van der Waals surface area contributed by atoms with Gasteiger partial charge in [-0.2, -0.15) is 0 Å². The van der Waals surface area contributed by atoms with Crippen molar-refractivity contribution in [3.63, 3.8) is 0 Å². The number of hydrogen-bond acceptors (Lipinski definition) is 15. The van der Waals surface area contributed by atoms with Gasteiger partial charge in [0.15, 0.2) is 5.78 Å². The van der Waals surface area contributed by atoms with Crippen LogP contribution in [0.4, 0.5) is 4.79 Å². The summed E-state index contributed by atoms with van der Waals surface area (Å²) < 4.78 is 55.8. The van der Waals surface area contributed by atoms with E-state index in [0.717, 1.165) is 23.1 Å². The number of urea groups is 1. The first kappa shape index (κ1) is 61.7. The zero-order chi connectivity index (χ0) is 49.8. The second-order valence-electron chi connectivity index (χ2n) is 17.6. The lowest BCUT2D eigenvalue weighted by Crippen LogP contribution is -2.52. The Hall–Kier alpha value is -3.27. The van der Waals surface area contributed by atoms with Crippen LogP contribution in [-0.2, 0) is 73.1 Å². The van der Waals surface area contributed by atoms with Gasteiger partial charge in [-0.3, -0.25) is 14.4 Å². The minimum absolute atomic E-state index is 0.0553. The molecule has 0 unspecified atom stereocenters. The number of halogens is 1. The van der Waals surface area contributed by atoms with E-state index in [0.29, 0.717) is 125 Å². The van der Waals surface area contributed by atoms with E-state index in [1.54, 1.807) is 46.4 Å². The summed E-state index contributed by atoms with van der Waals surface area (Å²) in [5.41, 5.74) is -0.587. The molecule has 0 saturated carbocycles. The fraction of sp³-hybridized carbons (Fsp3) is 0.771. The summed E-state index contributed by atoms with van der Waals surface area (Å²) in [5, 5.41) is 5.25. The van der Waals surface area contributed by atoms with Crippen molar-refractivity contribution in [2.75, 3.05) is 112 Å². The Labute approximate surface area is 407 Å². The molecular formula is C48H82BrN3O15. The highest BCUT2D eigenvalue weighted by Crippen LogP contribution is 2.16. The number of nitrogens with one attached hydrogen (secondary N) is 2. The van der Waals surface area contributed by atoms with E-state index in [1.807, 2.05) is 24.3 Å². The van der Waals surface area contributed by atoms with Gasteiger partial charge < -0.3 is 62.9 Å². The van der Waals surface area contributed by atoms with Crippen molar-refractivity contribution in [2.45, 2.75) is 130 Å². The van der Waals surface area contributed by atoms with Gasteiger partial charge in [0.05, 0.1) is 112 Å². The molecule has 0 aliphatic carbocycles. The number of unbranched alkanes of at least 4 members (excludes halogenated alkanes) is 1. The molecule has 0 fully saturated rings. The van der Waals surface area contributed by atoms with Gasteiger partial charge in [0.25, 0.3) is 0 Å². The van der Waals surface area contributed by atoms with Crippen molar-refractivity contribution in [2.24, 2.45) is 0 Å². The van der Waals surface area contributed by atoms with Crippen molar-refractivity contribution in [1.29, 1.82) is 0 Å². The first-order valence-electron chi connectivity index (χ1n) is 23.6. The SMILES string of the molecule is CCCOCCOCCOCCOCCOCCOCCOCCOCCC(=O)N(CCCC[C@H](NC(=O)N[C@@H](CCC(=O)OC(C)(C)C)C(=O)OC(C)(C)C)C(C)=O)Cc1ccc(Br)cc1. The highest BCUT2D eigenvalue weighted by atomic mass is 79.9. The molecule has 3 amide bonds. The average molecular weight is 1020 g/mol. The topological polar surface area (TPSA) is 205 Å². The van der Waals surface area contributed by atoms with Crippen LogP contribution in [0.2, 0.25) is 0 Å². The van der Waals surface area contributed by atoms with Gasteiger partial charge >= 0.3 is 18.0 Å². The third kappa shape index (κ3) is 36.4. The molecular weight excluding hydrogens is 938 g/mol. The van der Waals surface area contributed by atoms with Crippen LogP contribution >= 0.6 is 15.9 Å². The normalized spacial score (nSPS) is 12.6. The lowest BCUT2D eigenvalue weighted by molar-refractivity contribution is -0.158. The Balaban J connectivity index is 2.39. The van der Waals surface area contributed by atoms with Gasteiger partial charge in [-0.25, -0.2) is 9.59 Å². The Morgan fingerprint density at radius 3 is 1.43 bits per heavy atom. The maximum Gasteiger partial charge on any atom is 0.329 e. The number of esters is 2. The standard InChI is InChI=1S/C48H82BrN3O15/c1-9-21-58-23-25-60-27-29-62-31-33-64-35-36-65-34-32-63-30-28-61-26-24-59-22-19-43(54)52(37-39-13-15-40(49)16-14-39)20-11-10-12-41(38(2)53)50-46(57)51-42(45(56)67-48(6,7)8)17-18-44(55)66-47(3,4)5/h13-16,41-42H,9-12,17-37H2,1-8H3,(H2,50,51,57)/t41-,42-/m0/s1. The Morgan fingerprint density at radius 1 is 0.567 bits per heavy atom. The molecule has 0 saturated heterocycles. The number of carbonyl (C=O) groups is 5. The van der Waals surface area contributed by atoms with Crippen LogP contribution in [0.25, 0.3) is 0 Å². The van der Waals surface area contributed by atoms with E-state index in [-0.39, 0.29) is 37.6 Å². The highest BCUT2D eigenvalue weighted by Gasteiger charge is 2.29. The van der Waals surface area contributed by atoms with Gasteiger partial charge in [0, 0.05) is 30.6 Å². The van der Waals surface area contributed by atoms with E-state index < -0.39 is 41.3 Å². The zero-order valence-electron chi connectivity index (χ0n) is 41.6. The second kappa shape index (κ2) is 37.6. The molecule has 0 aromatic heterocycles. The lowest BCUT2D eigenvalue weighted by atomic mass is 10.1. The predicted octanol–water partition coefficient (Wildman–Crippen LogP) is 5.97. The summed E-state index contributed by atoms with van der Waals surface area (Å²) in [6, 6.07) is 4.99. The molecule has 67 heavy (non-hydrogen) atoms. The van der Waals surface area contributed by atoms with E-state index in [9.17, 15) is 24.0 Å². The molecule has 0 bridgehead atoms. The molecule has 1 aromatic carbocycles. The van der Waals surface area contributed by atoms with Crippen molar-refractivity contribution in [3.05, 3.63) is 34.3 Å². The van der Waals surface area contributed by atoms with Gasteiger partial charge in [-0.1, -0.05) is 35.0 Å². The van der Waals surface area contributed by atoms with Crippen molar-refractivity contribution in [3.8, 4) is 0 Å². The van der Waals surface area contributed by atoms with Gasteiger partial charge in [-0.15, -0.1) is 0 Å². The van der Waals surface area contributed by atoms with Crippen LogP contribution in [-0.4, -0.2) is 170 Å². The van der Waals surface area contributed by atoms with Crippen LogP contribution in [0.5, 0.6) is 0 Å². The molecule has 1 rings (SSSR count). The molecule has 1 aromatic rings. The summed E-state index contributed by atoms with van der Waals surface area (Å²) in [4.78, 5) is 66.3. The van der Waals surface area contributed by atoms with Gasteiger partial charge in [0.1, 0.15) is 17.2 Å². The number of nitrogens with zero attached hydrogens (tertiary/aromatic N) is 1. The molecule has 0 radical (unpaired) electrons. The fourth-order valence-corrected chi connectivity index (χ4v) is 6.13. The average Bonchev–Trinajstić information content (AvgIpc) is 3.25. The second-order valence-corrected chi connectivity index (χ2v) is 18.5. The summed E-state index contributed by atoms with van der Waals surface area (Å²) in [6.45, 7) is 22.1. The molecule has 0 aliphatic heterocycles. The molecule has 0 heterocycles. The van der Waals surface area contributed by atoms with Crippen molar-refractivity contribution >= 4 is 45.6 Å². The van der Waals surface area contributed by atoms with E-state index in [2.05, 4.69) is 33.5 Å². The van der Waals surface area contributed by atoms with E-state index in [1.165, 1.54) is 6.92 Å². The summed E-state index contributed by atoms with van der Waals surface area (Å²) >= 11 is 3.46. The minimum Gasteiger partial charge on any atom is -0.460 e. The monoisotopic (exact) mass is 1020 g/mol. The molecule has 0 aliphatic rings. The Bertz CT molecular complexity index is 1490. The molecule has 0 spiro atoms. The van der Waals surface area contributed by atoms with Crippen LogP contribution in [0.1, 0.15) is 106 Å². The number of ether oxygens (including phenoxy) is 10. The van der Waals surface area contributed by atoms with Gasteiger partial charge in [0.2, 0.25) is 5.91 Å². The number of rotatable bonds is 40. The predicted molar refractivity (Wildman–Crippen MR) is 256 cm³/mol. The summed E-state index contributed by atoms with van der Waals surface area (Å²) in [6.07, 6.45) is 2.38. The Kier molecular flexibility index (Phi) is 34.7. The van der Waals surface area contributed by atoms with Crippen molar-refractivity contribution in [1.82, 2.24) is 15.5 Å². The van der Waals surface area contributed by atoms with E-state index >= 15 is 0 Å². The number of hydrogen-bond donors (Lipinski definition) is 2. The first-order valence-corrected chi connectivity index (χ1v) is 24.4. The smallest absolute Gasteiger partial charge is 0.329 e. The Morgan fingerprint density at radius 2 is 1.00 bits per heavy atom. The molecule has 386 valence electrons. The van der Waals surface area contributed by atoms with Crippen LogP contribution < -0.4 is 10.6 Å². The zero-order valence-corrected chi connectivity index (χ0v) is 43.2. The quantitative estimate of drug-likeness (QED) is 0.0574. The number of carbonyl (C=O) groups excluding carboxylic acids is 5. The third-order valence-corrected chi connectivity index (χ3v) is 9.60. The first-order chi connectivity index (χ1) is 31.9. The van der Waals surface area contributed by atoms with Crippen LogP contribution in [0.15, 0.2) is 28.7 Å². The molecule has 19 heteroatoms. The maximum absolute atomic E-state index is 13.4. The molecule has 2 atom stereocenters. The highest BCUT2D eigenvalue weighted by molar-refractivity contribution is 9.10. The molecule has 2 N–H and O–H groups in total. The van der Waals surface area contributed by atoms with Gasteiger partial charge in [-0.05, 0) is 98.3 Å². The number of amides is 3. The largest absolute Gasteiger partial charge is 0.460 e. The lowest BCUT2D eigenvalue weighted by Gasteiger charge is -2.26. The third-order valence-electron chi connectivity index (χ3n) is 9.07. The van der Waals surface area contributed by atoms with E-state index in [4.69, 9.17) is 47.4 Å². The minimum atomic E-state index is -1.15. The summed E-state index contributed by atoms with van der Waals surface area (Å²) in [5.74, 6) is -1.58. The van der Waals surface area contributed by atoms with Crippen LogP contribution in [0.3, 0.4) is 0 Å². The number of Topliss-reactive ketones (excluding diaryl/α,β-unsaturated/α-hetero) is 1. The molecule has 18 nitrogen and oxygen atoms in total. The van der Waals surface area contributed by atoms with Crippen molar-refractivity contribution < 1.29 is 71.3 Å². The number of ketones is 1.